The number of benzene rings is 2. The fourth-order valence-corrected chi connectivity index (χ4v) is 4.10. The van der Waals surface area contributed by atoms with Crippen LogP contribution in [-0.4, -0.2) is 36.5 Å². The number of hydrogen-bond acceptors (Lipinski definition) is 4. The van der Waals surface area contributed by atoms with Gasteiger partial charge in [-0.3, -0.25) is 14.5 Å². The summed E-state index contributed by atoms with van der Waals surface area (Å²) < 4.78 is 11.8. The number of amides is 2. The van der Waals surface area contributed by atoms with Crippen LogP contribution in [0.15, 0.2) is 48.5 Å². The Bertz CT molecular complexity index is 836. The Kier molecular flexibility index (Phi) is 6.13. The van der Waals surface area contributed by atoms with Crippen LogP contribution in [0, 0.1) is 5.92 Å². The van der Waals surface area contributed by atoms with Crippen molar-refractivity contribution in [3.8, 4) is 11.5 Å². The summed E-state index contributed by atoms with van der Waals surface area (Å²) in [5.74, 6) is 1.60. The molecule has 29 heavy (non-hydrogen) atoms. The third-order valence-corrected chi connectivity index (χ3v) is 5.73. The zero-order chi connectivity index (χ0) is 20.1. The highest BCUT2D eigenvalue weighted by atomic mass is 16.5. The van der Waals surface area contributed by atoms with E-state index < -0.39 is 0 Å². The lowest BCUT2D eigenvalue weighted by atomic mass is 10.0. The number of ether oxygens (including phenoxy) is 2. The second kappa shape index (κ2) is 9.12. The first-order valence-corrected chi connectivity index (χ1v) is 10.5. The average Bonchev–Trinajstić information content (AvgIpc) is 2.93. The van der Waals surface area contributed by atoms with Gasteiger partial charge in [0.1, 0.15) is 18.1 Å². The highest BCUT2D eigenvalue weighted by Crippen LogP contribution is 2.26. The van der Waals surface area contributed by atoms with Crippen LogP contribution < -0.4 is 9.47 Å². The van der Waals surface area contributed by atoms with Crippen LogP contribution in [0.4, 0.5) is 0 Å². The lowest BCUT2D eigenvalue weighted by molar-refractivity contribution is 0.0631. The number of hydrogen-bond donors (Lipinski definition) is 0. The summed E-state index contributed by atoms with van der Waals surface area (Å²) in [6.45, 7) is 1.22. The third-order valence-electron chi connectivity index (χ3n) is 5.73. The van der Waals surface area contributed by atoms with E-state index >= 15 is 0 Å². The number of carbonyl (C=O) groups is 2. The minimum absolute atomic E-state index is 0.222. The van der Waals surface area contributed by atoms with Crippen molar-refractivity contribution < 1.29 is 19.1 Å². The molecule has 1 saturated carbocycles. The molecule has 0 aromatic heterocycles. The van der Waals surface area contributed by atoms with Crippen molar-refractivity contribution in [3.63, 3.8) is 0 Å². The Morgan fingerprint density at radius 3 is 2.07 bits per heavy atom. The monoisotopic (exact) mass is 393 g/mol. The van der Waals surface area contributed by atoms with Gasteiger partial charge >= 0.3 is 0 Å². The van der Waals surface area contributed by atoms with E-state index in [0.717, 1.165) is 12.4 Å². The Labute approximate surface area is 171 Å². The van der Waals surface area contributed by atoms with E-state index in [0.29, 0.717) is 22.8 Å². The maximum Gasteiger partial charge on any atom is 0.261 e. The van der Waals surface area contributed by atoms with E-state index in [1.807, 2.05) is 24.3 Å². The number of imide groups is 1. The quantitative estimate of drug-likeness (QED) is 0.505. The molecule has 0 bridgehead atoms. The first-order valence-electron chi connectivity index (χ1n) is 10.5. The maximum atomic E-state index is 12.4. The van der Waals surface area contributed by atoms with Gasteiger partial charge < -0.3 is 9.47 Å². The molecule has 0 atom stereocenters. The summed E-state index contributed by atoms with van der Waals surface area (Å²) in [5, 5.41) is 0. The van der Waals surface area contributed by atoms with Crippen molar-refractivity contribution in [1.29, 1.82) is 0 Å². The topological polar surface area (TPSA) is 55.8 Å². The predicted molar refractivity (Wildman–Crippen MR) is 110 cm³/mol. The molecule has 0 spiro atoms. The zero-order valence-electron chi connectivity index (χ0n) is 16.6. The lowest BCUT2D eigenvalue weighted by Crippen LogP contribution is -2.33. The molecule has 0 N–H and O–H groups in total. The van der Waals surface area contributed by atoms with Crippen molar-refractivity contribution in [2.24, 2.45) is 5.92 Å². The SMILES string of the molecule is O=C1c2ccccc2C(=O)N1CCOc1cccc(OCC2CCCCCC2)c1. The number of fused-ring (bicyclic) bond motifs is 1. The van der Waals surface area contributed by atoms with Gasteiger partial charge in [-0.1, -0.05) is 43.9 Å². The van der Waals surface area contributed by atoms with Gasteiger partial charge in [0, 0.05) is 6.07 Å². The van der Waals surface area contributed by atoms with E-state index in [1.165, 1.54) is 43.4 Å². The summed E-state index contributed by atoms with van der Waals surface area (Å²) in [6, 6.07) is 14.5. The minimum atomic E-state index is -0.255. The van der Waals surface area contributed by atoms with E-state index in [9.17, 15) is 9.59 Å². The first-order chi connectivity index (χ1) is 14.2. The minimum Gasteiger partial charge on any atom is -0.493 e. The highest BCUT2D eigenvalue weighted by molar-refractivity contribution is 6.21. The van der Waals surface area contributed by atoms with E-state index in [2.05, 4.69) is 0 Å². The molecule has 0 unspecified atom stereocenters. The number of carbonyl (C=O) groups excluding carboxylic acids is 2. The van der Waals surface area contributed by atoms with Crippen molar-refractivity contribution in [2.75, 3.05) is 19.8 Å². The van der Waals surface area contributed by atoms with Crippen LogP contribution in [0.3, 0.4) is 0 Å². The Hall–Kier alpha value is -2.82. The van der Waals surface area contributed by atoms with Gasteiger partial charge in [-0.05, 0) is 43.0 Å². The summed E-state index contributed by atoms with van der Waals surface area (Å²) in [6.07, 6.45) is 7.77. The molecular formula is C24H27NO4. The summed E-state index contributed by atoms with van der Waals surface area (Å²) >= 11 is 0. The van der Waals surface area contributed by atoms with Crippen molar-refractivity contribution in [3.05, 3.63) is 59.7 Å². The van der Waals surface area contributed by atoms with Gasteiger partial charge in [0.05, 0.1) is 24.3 Å². The Morgan fingerprint density at radius 1 is 0.793 bits per heavy atom. The summed E-state index contributed by atoms with van der Waals surface area (Å²) in [5.41, 5.74) is 0.929. The van der Waals surface area contributed by atoms with Gasteiger partial charge in [0.25, 0.3) is 11.8 Å². The number of nitrogens with zero attached hydrogens (tertiary/aromatic N) is 1. The van der Waals surface area contributed by atoms with Crippen molar-refractivity contribution in [2.45, 2.75) is 38.5 Å². The van der Waals surface area contributed by atoms with Crippen LogP contribution in [-0.2, 0) is 0 Å². The Morgan fingerprint density at radius 2 is 1.41 bits per heavy atom. The van der Waals surface area contributed by atoms with Crippen LogP contribution >= 0.6 is 0 Å². The fraction of sp³-hybridized carbons (Fsp3) is 0.417. The smallest absolute Gasteiger partial charge is 0.261 e. The maximum absolute atomic E-state index is 12.4. The van der Waals surface area contributed by atoms with Crippen LogP contribution in [0.1, 0.15) is 59.2 Å². The molecule has 1 fully saturated rings. The van der Waals surface area contributed by atoms with Crippen molar-refractivity contribution in [1.82, 2.24) is 4.90 Å². The zero-order valence-corrected chi connectivity index (χ0v) is 16.6. The van der Waals surface area contributed by atoms with Crippen LogP contribution in [0.5, 0.6) is 11.5 Å². The molecule has 2 aromatic carbocycles. The van der Waals surface area contributed by atoms with Gasteiger partial charge in [0.15, 0.2) is 0 Å². The molecule has 5 nitrogen and oxygen atoms in total. The molecule has 2 amide bonds. The van der Waals surface area contributed by atoms with Gasteiger partial charge in [-0.2, -0.15) is 0 Å². The highest BCUT2D eigenvalue weighted by Gasteiger charge is 2.34. The summed E-state index contributed by atoms with van der Waals surface area (Å²) in [4.78, 5) is 26.0. The van der Waals surface area contributed by atoms with E-state index in [-0.39, 0.29) is 25.0 Å². The molecule has 1 heterocycles. The van der Waals surface area contributed by atoms with Crippen LogP contribution in [0.25, 0.3) is 0 Å². The van der Waals surface area contributed by atoms with E-state index in [1.54, 1.807) is 24.3 Å². The van der Waals surface area contributed by atoms with Crippen molar-refractivity contribution >= 4 is 11.8 Å². The molecular weight excluding hydrogens is 366 g/mol. The molecule has 2 aromatic rings. The second-order valence-electron chi connectivity index (χ2n) is 7.80. The normalized spacial score (nSPS) is 17.2. The van der Waals surface area contributed by atoms with Gasteiger partial charge in [-0.25, -0.2) is 0 Å². The molecule has 0 saturated heterocycles. The average molecular weight is 393 g/mol. The molecule has 5 heteroatoms. The molecule has 4 rings (SSSR count). The largest absolute Gasteiger partial charge is 0.493 e. The third kappa shape index (κ3) is 4.61. The predicted octanol–water partition coefficient (Wildman–Crippen LogP) is 4.71. The Balaban J connectivity index is 1.28. The first kappa shape index (κ1) is 19.5. The molecule has 1 aliphatic carbocycles. The summed E-state index contributed by atoms with van der Waals surface area (Å²) in [7, 11) is 0. The van der Waals surface area contributed by atoms with Crippen LogP contribution in [0.2, 0.25) is 0 Å². The van der Waals surface area contributed by atoms with Gasteiger partial charge in [0.2, 0.25) is 0 Å². The number of rotatable bonds is 7. The molecule has 1 aliphatic heterocycles. The van der Waals surface area contributed by atoms with Gasteiger partial charge in [-0.15, -0.1) is 0 Å². The van der Waals surface area contributed by atoms with E-state index in [4.69, 9.17) is 9.47 Å². The second-order valence-corrected chi connectivity index (χ2v) is 7.80. The molecule has 2 aliphatic rings. The standard InChI is InChI=1S/C24H27NO4/c26-23-21-12-5-6-13-22(21)24(27)25(23)14-15-28-19-10-7-11-20(16-19)29-17-18-8-3-1-2-4-9-18/h5-7,10-13,16,18H,1-4,8-9,14-15,17H2. The fourth-order valence-electron chi connectivity index (χ4n) is 4.10. The lowest BCUT2D eigenvalue weighted by Gasteiger charge is -2.16. The molecule has 152 valence electrons. The molecule has 0 radical (unpaired) electrons.